The van der Waals surface area contributed by atoms with Crippen molar-refractivity contribution in [2.24, 2.45) is 0 Å². The van der Waals surface area contributed by atoms with E-state index in [2.05, 4.69) is 18.0 Å². The molecule has 0 saturated carbocycles. The van der Waals surface area contributed by atoms with Crippen molar-refractivity contribution in [1.82, 2.24) is 9.55 Å². The minimum Gasteiger partial charge on any atom is -0.295 e. The van der Waals surface area contributed by atoms with Gasteiger partial charge in [0.1, 0.15) is 0 Å². The highest BCUT2D eigenvalue weighted by Crippen LogP contribution is 2.17. The normalized spacial score (nSPS) is 10.6. The van der Waals surface area contributed by atoms with Gasteiger partial charge in [-0.2, -0.15) is 0 Å². The number of aromatic amines is 1. The van der Waals surface area contributed by atoms with Crippen molar-refractivity contribution in [3.05, 3.63) is 55.0 Å². The molecular formula is C11H12N2O2S. The molecule has 2 rings (SSSR count). The molecule has 0 saturated heterocycles. The SMILES string of the molecule is CCc1ccc(Cn2ccc(=O)[nH]c2=O)s1. The number of rotatable bonds is 3. The van der Waals surface area contributed by atoms with Crippen LogP contribution in [0.15, 0.2) is 34.0 Å². The topological polar surface area (TPSA) is 54.9 Å². The first kappa shape index (κ1) is 10.9. The highest BCUT2D eigenvalue weighted by atomic mass is 32.1. The lowest BCUT2D eigenvalue weighted by atomic mass is 10.3. The van der Waals surface area contributed by atoms with Crippen molar-refractivity contribution >= 4 is 11.3 Å². The standard InChI is InChI=1S/C11H12N2O2S/c1-2-8-3-4-9(16-8)7-13-6-5-10(14)12-11(13)15/h3-6H,2,7H2,1H3,(H,12,14,15). The Kier molecular flexibility index (Phi) is 3.05. The quantitative estimate of drug-likeness (QED) is 0.870. The molecule has 0 aliphatic heterocycles. The summed E-state index contributed by atoms with van der Waals surface area (Å²) < 4.78 is 1.49. The number of nitrogens with zero attached hydrogens (tertiary/aromatic N) is 1. The van der Waals surface area contributed by atoms with E-state index in [1.807, 2.05) is 6.07 Å². The van der Waals surface area contributed by atoms with Crippen LogP contribution in [-0.2, 0) is 13.0 Å². The van der Waals surface area contributed by atoms with Crippen molar-refractivity contribution in [2.75, 3.05) is 0 Å². The van der Waals surface area contributed by atoms with Gasteiger partial charge in [-0.05, 0) is 18.6 Å². The Morgan fingerprint density at radius 1 is 1.25 bits per heavy atom. The molecular weight excluding hydrogens is 224 g/mol. The minimum atomic E-state index is -0.362. The van der Waals surface area contributed by atoms with Crippen LogP contribution in [-0.4, -0.2) is 9.55 Å². The molecule has 2 heterocycles. The molecule has 5 heteroatoms. The average molecular weight is 236 g/mol. The van der Waals surface area contributed by atoms with Gasteiger partial charge in [-0.3, -0.25) is 14.3 Å². The van der Waals surface area contributed by atoms with E-state index in [4.69, 9.17) is 0 Å². The lowest BCUT2D eigenvalue weighted by molar-refractivity contribution is 0.729. The summed E-state index contributed by atoms with van der Waals surface area (Å²) in [4.78, 5) is 27.0. The Bertz CT molecular complexity index is 594. The smallest absolute Gasteiger partial charge is 0.295 e. The number of H-pyrrole nitrogens is 1. The molecule has 2 aromatic rings. The molecule has 0 aliphatic carbocycles. The minimum absolute atomic E-state index is 0.360. The molecule has 4 nitrogen and oxygen atoms in total. The van der Waals surface area contributed by atoms with Gasteiger partial charge in [0.15, 0.2) is 0 Å². The number of aryl methyl sites for hydroxylation is 1. The maximum atomic E-state index is 11.4. The third kappa shape index (κ3) is 2.30. The zero-order valence-electron chi connectivity index (χ0n) is 8.90. The fraction of sp³-hybridized carbons (Fsp3) is 0.273. The average Bonchev–Trinajstić information content (AvgIpc) is 2.70. The second-order valence-electron chi connectivity index (χ2n) is 3.46. The van der Waals surface area contributed by atoms with Crippen LogP contribution in [0.3, 0.4) is 0 Å². The van der Waals surface area contributed by atoms with Gasteiger partial charge in [0.05, 0.1) is 6.54 Å². The summed E-state index contributed by atoms with van der Waals surface area (Å²) in [5, 5.41) is 0. The van der Waals surface area contributed by atoms with E-state index in [-0.39, 0.29) is 11.2 Å². The molecule has 16 heavy (non-hydrogen) atoms. The zero-order chi connectivity index (χ0) is 11.5. The lowest BCUT2D eigenvalue weighted by Gasteiger charge is -2.01. The second-order valence-corrected chi connectivity index (χ2v) is 4.71. The summed E-state index contributed by atoms with van der Waals surface area (Å²) in [5.74, 6) is 0. The maximum Gasteiger partial charge on any atom is 0.328 e. The second kappa shape index (κ2) is 4.49. The Labute approximate surface area is 96.2 Å². The highest BCUT2D eigenvalue weighted by Gasteiger charge is 2.01. The molecule has 0 amide bonds. The van der Waals surface area contributed by atoms with E-state index < -0.39 is 0 Å². The van der Waals surface area contributed by atoms with Crippen LogP contribution in [0.5, 0.6) is 0 Å². The number of nitrogens with one attached hydrogen (secondary N) is 1. The number of hydrogen-bond acceptors (Lipinski definition) is 3. The van der Waals surface area contributed by atoms with Gasteiger partial charge in [0.2, 0.25) is 0 Å². The van der Waals surface area contributed by atoms with Crippen LogP contribution in [0.2, 0.25) is 0 Å². The number of aromatic nitrogens is 2. The lowest BCUT2D eigenvalue weighted by Crippen LogP contribution is -2.28. The van der Waals surface area contributed by atoms with Gasteiger partial charge in [-0.15, -0.1) is 11.3 Å². The van der Waals surface area contributed by atoms with Crippen LogP contribution in [0.25, 0.3) is 0 Å². The van der Waals surface area contributed by atoms with Crippen LogP contribution >= 0.6 is 11.3 Å². The van der Waals surface area contributed by atoms with E-state index in [1.165, 1.54) is 21.7 Å². The largest absolute Gasteiger partial charge is 0.328 e. The predicted octanol–water partition coefficient (Wildman–Crippen LogP) is 1.21. The van der Waals surface area contributed by atoms with Crippen molar-refractivity contribution in [3.8, 4) is 0 Å². The molecule has 0 spiro atoms. The van der Waals surface area contributed by atoms with E-state index in [9.17, 15) is 9.59 Å². The van der Waals surface area contributed by atoms with Crippen LogP contribution in [0, 0.1) is 0 Å². The molecule has 0 unspecified atom stereocenters. The van der Waals surface area contributed by atoms with Gasteiger partial charge >= 0.3 is 5.69 Å². The van der Waals surface area contributed by atoms with E-state index in [0.717, 1.165) is 11.3 Å². The zero-order valence-corrected chi connectivity index (χ0v) is 9.71. The summed E-state index contributed by atoms with van der Waals surface area (Å²) in [6.45, 7) is 2.61. The highest BCUT2D eigenvalue weighted by molar-refractivity contribution is 7.11. The molecule has 0 atom stereocenters. The molecule has 84 valence electrons. The first-order chi connectivity index (χ1) is 7.69. The van der Waals surface area contributed by atoms with Crippen molar-refractivity contribution < 1.29 is 0 Å². The van der Waals surface area contributed by atoms with Crippen molar-refractivity contribution in [2.45, 2.75) is 19.9 Å². The van der Waals surface area contributed by atoms with Gasteiger partial charge in [0, 0.05) is 22.0 Å². The maximum absolute atomic E-state index is 11.4. The van der Waals surface area contributed by atoms with E-state index >= 15 is 0 Å². The third-order valence-electron chi connectivity index (χ3n) is 2.29. The molecule has 1 N–H and O–H groups in total. The van der Waals surface area contributed by atoms with Gasteiger partial charge in [0.25, 0.3) is 5.56 Å². The summed E-state index contributed by atoms with van der Waals surface area (Å²) in [6, 6.07) is 5.44. The first-order valence-electron chi connectivity index (χ1n) is 5.06. The predicted molar refractivity (Wildman–Crippen MR) is 64.1 cm³/mol. The van der Waals surface area contributed by atoms with Crippen LogP contribution in [0.1, 0.15) is 16.7 Å². The van der Waals surface area contributed by atoms with E-state index in [0.29, 0.717) is 6.54 Å². The molecule has 0 bridgehead atoms. The Hall–Kier alpha value is -1.62. The Morgan fingerprint density at radius 2 is 2.00 bits per heavy atom. The van der Waals surface area contributed by atoms with E-state index in [1.54, 1.807) is 11.3 Å². The fourth-order valence-electron chi connectivity index (χ4n) is 1.43. The number of thiophene rings is 1. The van der Waals surface area contributed by atoms with Crippen molar-refractivity contribution in [1.29, 1.82) is 0 Å². The van der Waals surface area contributed by atoms with Crippen LogP contribution in [0.4, 0.5) is 0 Å². The Balaban J connectivity index is 2.27. The third-order valence-corrected chi connectivity index (χ3v) is 3.50. The first-order valence-corrected chi connectivity index (χ1v) is 5.88. The van der Waals surface area contributed by atoms with Gasteiger partial charge < -0.3 is 0 Å². The summed E-state index contributed by atoms with van der Waals surface area (Å²) >= 11 is 1.69. The molecule has 0 radical (unpaired) electrons. The van der Waals surface area contributed by atoms with Gasteiger partial charge in [-0.25, -0.2) is 4.79 Å². The molecule has 2 aromatic heterocycles. The number of hydrogen-bond donors (Lipinski definition) is 1. The molecule has 0 aliphatic rings. The van der Waals surface area contributed by atoms with Crippen molar-refractivity contribution in [3.63, 3.8) is 0 Å². The monoisotopic (exact) mass is 236 g/mol. The van der Waals surface area contributed by atoms with Gasteiger partial charge in [-0.1, -0.05) is 6.92 Å². The fourth-order valence-corrected chi connectivity index (χ4v) is 2.39. The summed E-state index contributed by atoms with van der Waals surface area (Å²) in [6.07, 6.45) is 2.53. The molecule has 0 aromatic carbocycles. The Morgan fingerprint density at radius 3 is 2.62 bits per heavy atom. The molecule has 0 fully saturated rings. The summed E-state index contributed by atoms with van der Waals surface area (Å²) in [5.41, 5.74) is -0.722. The van der Waals surface area contributed by atoms with Crippen LogP contribution < -0.4 is 11.2 Å². The summed E-state index contributed by atoms with van der Waals surface area (Å²) in [7, 11) is 0.